The van der Waals surface area contributed by atoms with Crippen molar-refractivity contribution in [1.82, 2.24) is 9.13 Å². The standard InChI is InChI=1S/C34H24N2/c1-3-23-14-17-26(18-15-23)36-31-20-16-25(24-10-6-5-7-11-24)22-29(31)33-32(36)21-19-28-27-12-8-9-13-30(27)35(4-2)34(28)33/h3-22H,1-2H2. The predicted octanol–water partition coefficient (Wildman–Crippen LogP) is 9.30. The molecule has 0 N–H and O–H groups in total. The smallest absolute Gasteiger partial charge is 0.0635 e. The summed E-state index contributed by atoms with van der Waals surface area (Å²) in [6.07, 6.45) is 3.82. The number of para-hydroxylation sites is 1. The number of aromatic nitrogens is 2. The van der Waals surface area contributed by atoms with Crippen LogP contribution in [0.4, 0.5) is 0 Å². The van der Waals surface area contributed by atoms with Crippen LogP contribution in [0.3, 0.4) is 0 Å². The van der Waals surface area contributed by atoms with Crippen molar-refractivity contribution in [2.75, 3.05) is 0 Å². The van der Waals surface area contributed by atoms with Gasteiger partial charge < -0.3 is 9.13 Å². The van der Waals surface area contributed by atoms with Gasteiger partial charge in [-0.15, -0.1) is 0 Å². The lowest BCUT2D eigenvalue weighted by Gasteiger charge is -2.09. The maximum absolute atomic E-state index is 4.19. The van der Waals surface area contributed by atoms with E-state index in [9.17, 15) is 0 Å². The molecule has 2 heteroatoms. The van der Waals surface area contributed by atoms with Crippen LogP contribution in [0.15, 0.2) is 122 Å². The van der Waals surface area contributed by atoms with Crippen molar-refractivity contribution in [2.45, 2.75) is 0 Å². The van der Waals surface area contributed by atoms with E-state index in [0.717, 1.165) is 11.3 Å². The predicted molar refractivity (Wildman–Crippen MR) is 156 cm³/mol. The third kappa shape index (κ3) is 2.85. The van der Waals surface area contributed by atoms with Crippen molar-refractivity contribution in [1.29, 1.82) is 0 Å². The zero-order chi connectivity index (χ0) is 24.2. The van der Waals surface area contributed by atoms with Gasteiger partial charge in [0.05, 0.1) is 22.1 Å². The highest BCUT2D eigenvalue weighted by molar-refractivity contribution is 6.26. The van der Waals surface area contributed by atoms with Crippen molar-refractivity contribution < 1.29 is 0 Å². The Balaban J connectivity index is 1.68. The summed E-state index contributed by atoms with van der Waals surface area (Å²) in [4.78, 5) is 0. The van der Waals surface area contributed by atoms with Crippen molar-refractivity contribution in [3.05, 3.63) is 128 Å². The SMILES string of the molecule is C=Cc1ccc(-n2c3ccc(-c4ccccc4)cc3c3c4c(ccc32)c2ccccc2n4C=C)cc1. The molecule has 7 aromatic rings. The van der Waals surface area contributed by atoms with Crippen molar-refractivity contribution in [2.24, 2.45) is 0 Å². The molecule has 7 rings (SSSR count). The van der Waals surface area contributed by atoms with E-state index in [1.165, 1.54) is 54.7 Å². The van der Waals surface area contributed by atoms with E-state index in [0.29, 0.717) is 0 Å². The van der Waals surface area contributed by atoms with Gasteiger partial charge in [0.2, 0.25) is 0 Å². The van der Waals surface area contributed by atoms with E-state index in [2.05, 4.69) is 131 Å². The van der Waals surface area contributed by atoms with Crippen molar-refractivity contribution in [3.8, 4) is 16.8 Å². The Morgan fingerprint density at radius 2 is 1.31 bits per heavy atom. The molecular weight excluding hydrogens is 436 g/mol. The molecule has 0 amide bonds. The molecule has 0 atom stereocenters. The molecule has 0 aliphatic heterocycles. The molecule has 0 aliphatic carbocycles. The number of rotatable bonds is 4. The molecule has 5 aromatic carbocycles. The Labute approximate surface area is 209 Å². The molecule has 0 fully saturated rings. The fourth-order valence-corrected chi connectivity index (χ4v) is 5.63. The molecule has 2 nitrogen and oxygen atoms in total. The zero-order valence-corrected chi connectivity index (χ0v) is 19.9. The Hall–Kier alpha value is -4.82. The van der Waals surface area contributed by atoms with Gasteiger partial charge >= 0.3 is 0 Å². The summed E-state index contributed by atoms with van der Waals surface area (Å²) in [6.45, 7) is 8.10. The maximum atomic E-state index is 4.19. The van der Waals surface area contributed by atoms with Crippen LogP contribution < -0.4 is 0 Å². The first-order valence-corrected chi connectivity index (χ1v) is 12.2. The summed E-state index contributed by atoms with van der Waals surface area (Å²) in [6, 6.07) is 39.1. The average molecular weight is 461 g/mol. The van der Waals surface area contributed by atoms with Gasteiger partial charge in [-0.05, 0) is 53.1 Å². The Kier molecular flexibility index (Phi) is 4.49. The third-order valence-electron chi connectivity index (χ3n) is 7.27. The van der Waals surface area contributed by atoms with Crippen LogP contribution in [0.1, 0.15) is 5.56 Å². The fourth-order valence-electron chi connectivity index (χ4n) is 5.63. The molecule has 36 heavy (non-hydrogen) atoms. The molecule has 0 unspecified atom stereocenters. The summed E-state index contributed by atoms with van der Waals surface area (Å²) in [7, 11) is 0. The summed E-state index contributed by atoms with van der Waals surface area (Å²) in [5.41, 5.74) is 9.40. The highest BCUT2D eigenvalue weighted by atomic mass is 15.0. The minimum absolute atomic E-state index is 1.11. The second-order valence-electron chi connectivity index (χ2n) is 9.15. The molecule has 0 bridgehead atoms. The second kappa shape index (κ2) is 7.86. The van der Waals surface area contributed by atoms with Crippen molar-refractivity contribution in [3.63, 3.8) is 0 Å². The number of nitrogens with zero attached hydrogens (tertiary/aromatic N) is 2. The molecule has 0 aliphatic rings. The van der Waals surface area contributed by atoms with E-state index in [1.807, 2.05) is 12.3 Å². The minimum Gasteiger partial charge on any atom is -0.316 e. The minimum atomic E-state index is 1.11. The van der Waals surface area contributed by atoms with Gasteiger partial charge in [-0.2, -0.15) is 0 Å². The Morgan fingerprint density at radius 1 is 0.556 bits per heavy atom. The molecule has 2 aromatic heterocycles. The lowest BCUT2D eigenvalue weighted by molar-refractivity contribution is 1.18. The van der Waals surface area contributed by atoms with E-state index >= 15 is 0 Å². The van der Waals surface area contributed by atoms with Gasteiger partial charge in [0.25, 0.3) is 0 Å². The first-order chi connectivity index (χ1) is 17.8. The molecule has 0 spiro atoms. The normalized spacial score (nSPS) is 11.6. The largest absolute Gasteiger partial charge is 0.316 e. The lowest BCUT2D eigenvalue weighted by Crippen LogP contribution is -1.94. The van der Waals surface area contributed by atoms with Crippen LogP contribution in [0.5, 0.6) is 0 Å². The van der Waals surface area contributed by atoms with E-state index in [1.54, 1.807) is 0 Å². The highest BCUT2D eigenvalue weighted by Crippen LogP contribution is 2.41. The van der Waals surface area contributed by atoms with E-state index in [4.69, 9.17) is 0 Å². The number of benzene rings is 5. The van der Waals surface area contributed by atoms with Crippen LogP contribution in [0.2, 0.25) is 0 Å². The first kappa shape index (κ1) is 20.5. The molecule has 170 valence electrons. The zero-order valence-electron chi connectivity index (χ0n) is 19.9. The van der Waals surface area contributed by atoms with Gasteiger partial charge in [0.1, 0.15) is 0 Å². The first-order valence-electron chi connectivity index (χ1n) is 12.2. The van der Waals surface area contributed by atoms with Gasteiger partial charge in [0.15, 0.2) is 0 Å². The Bertz CT molecular complexity index is 1950. The summed E-state index contributed by atoms with van der Waals surface area (Å²) in [5, 5.41) is 4.95. The number of fused-ring (bicyclic) bond motifs is 7. The van der Waals surface area contributed by atoms with E-state index < -0.39 is 0 Å². The van der Waals surface area contributed by atoms with Gasteiger partial charge in [-0.1, -0.05) is 92.0 Å². The maximum Gasteiger partial charge on any atom is 0.0635 e. The van der Waals surface area contributed by atoms with Crippen LogP contribution in [-0.4, -0.2) is 9.13 Å². The van der Waals surface area contributed by atoms with Crippen LogP contribution in [0.25, 0.3) is 72.7 Å². The highest BCUT2D eigenvalue weighted by Gasteiger charge is 2.19. The van der Waals surface area contributed by atoms with Crippen LogP contribution in [0, 0.1) is 0 Å². The van der Waals surface area contributed by atoms with Gasteiger partial charge in [0, 0.05) is 33.4 Å². The van der Waals surface area contributed by atoms with Crippen LogP contribution >= 0.6 is 0 Å². The quantitative estimate of drug-likeness (QED) is 0.248. The third-order valence-corrected chi connectivity index (χ3v) is 7.27. The number of hydrogen-bond acceptors (Lipinski definition) is 0. The van der Waals surface area contributed by atoms with E-state index in [-0.39, 0.29) is 0 Å². The molecule has 0 saturated carbocycles. The second-order valence-corrected chi connectivity index (χ2v) is 9.15. The van der Waals surface area contributed by atoms with Gasteiger partial charge in [-0.25, -0.2) is 0 Å². The fraction of sp³-hybridized carbons (Fsp3) is 0. The summed E-state index contributed by atoms with van der Waals surface area (Å²) in [5.74, 6) is 0. The summed E-state index contributed by atoms with van der Waals surface area (Å²) < 4.78 is 4.61. The molecular formula is C34H24N2. The molecule has 0 saturated heterocycles. The van der Waals surface area contributed by atoms with Crippen molar-refractivity contribution >= 4 is 55.9 Å². The monoisotopic (exact) mass is 460 g/mol. The Morgan fingerprint density at radius 3 is 2.08 bits per heavy atom. The lowest BCUT2D eigenvalue weighted by atomic mass is 10.0. The molecule has 2 heterocycles. The molecule has 0 radical (unpaired) electrons. The van der Waals surface area contributed by atoms with Gasteiger partial charge in [-0.3, -0.25) is 0 Å². The topological polar surface area (TPSA) is 9.86 Å². The van der Waals surface area contributed by atoms with Crippen LogP contribution in [-0.2, 0) is 0 Å². The number of hydrogen-bond donors (Lipinski definition) is 0. The summed E-state index contributed by atoms with van der Waals surface area (Å²) >= 11 is 0. The average Bonchev–Trinajstić information content (AvgIpc) is 3.45.